The summed E-state index contributed by atoms with van der Waals surface area (Å²) in [6.07, 6.45) is 6.70. The summed E-state index contributed by atoms with van der Waals surface area (Å²) in [5.41, 5.74) is 3.98. The highest BCUT2D eigenvalue weighted by molar-refractivity contribution is 5.48. The number of aryl methyl sites for hydroxylation is 1. The lowest BCUT2D eigenvalue weighted by molar-refractivity contribution is 0.269. The molecule has 5 nitrogen and oxygen atoms in total. The molecule has 5 heteroatoms. The molecule has 0 radical (unpaired) electrons. The second-order valence-electron chi connectivity index (χ2n) is 6.60. The van der Waals surface area contributed by atoms with Crippen LogP contribution in [-0.4, -0.2) is 32.8 Å². The van der Waals surface area contributed by atoms with Gasteiger partial charge in [-0.05, 0) is 44.2 Å². The molecule has 2 unspecified atom stereocenters. The average Bonchev–Trinajstić information content (AvgIpc) is 3.09. The van der Waals surface area contributed by atoms with Gasteiger partial charge in [-0.25, -0.2) is 0 Å². The molecule has 0 aliphatic carbocycles. The van der Waals surface area contributed by atoms with Gasteiger partial charge >= 0.3 is 0 Å². The van der Waals surface area contributed by atoms with Gasteiger partial charge in [-0.1, -0.05) is 30.3 Å². The van der Waals surface area contributed by atoms with Crippen LogP contribution in [0.1, 0.15) is 35.7 Å². The molecule has 0 bridgehead atoms. The Labute approximate surface area is 142 Å². The van der Waals surface area contributed by atoms with Crippen LogP contribution in [0.4, 0.5) is 0 Å². The minimum absolute atomic E-state index is 0.292. The van der Waals surface area contributed by atoms with E-state index >= 15 is 0 Å². The molecular weight excluding hydrogens is 298 g/mol. The standard InChI is InChI=1S/C19H23N5/c1-13-9-18-17(7-8-19-22-21-14(2)24(18)19)23(13)12-16-6-4-5-15(10-16)11-20-3/h4-10,17-18,20H,11-12H2,1-3H3. The maximum absolute atomic E-state index is 4.25. The van der Waals surface area contributed by atoms with Crippen molar-refractivity contribution in [1.29, 1.82) is 0 Å². The number of aromatic nitrogens is 3. The Bertz CT molecular complexity index is 817. The molecule has 0 amide bonds. The molecule has 0 fully saturated rings. The molecule has 2 aliphatic rings. The number of rotatable bonds is 4. The average molecular weight is 321 g/mol. The van der Waals surface area contributed by atoms with E-state index in [1.807, 2.05) is 14.0 Å². The number of hydrogen-bond donors (Lipinski definition) is 1. The molecule has 3 heterocycles. The second-order valence-corrected chi connectivity index (χ2v) is 6.60. The van der Waals surface area contributed by atoms with Gasteiger partial charge in [0.25, 0.3) is 0 Å². The van der Waals surface area contributed by atoms with Gasteiger partial charge in [0, 0.05) is 18.8 Å². The van der Waals surface area contributed by atoms with Crippen LogP contribution >= 0.6 is 0 Å². The fourth-order valence-electron chi connectivity index (χ4n) is 3.83. The molecule has 1 aromatic heterocycles. The molecule has 2 atom stereocenters. The summed E-state index contributed by atoms with van der Waals surface area (Å²) in [5, 5.41) is 11.7. The largest absolute Gasteiger partial charge is 0.362 e. The van der Waals surface area contributed by atoms with Crippen LogP contribution in [0.25, 0.3) is 6.08 Å². The van der Waals surface area contributed by atoms with E-state index in [4.69, 9.17) is 0 Å². The second kappa shape index (κ2) is 5.91. The highest BCUT2D eigenvalue weighted by Gasteiger charge is 2.36. The minimum Gasteiger partial charge on any atom is -0.362 e. The fourth-order valence-corrected chi connectivity index (χ4v) is 3.83. The molecule has 2 aliphatic heterocycles. The fraction of sp³-hybridized carbons (Fsp3) is 0.368. The normalized spacial score (nSPS) is 21.6. The minimum atomic E-state index is 0.292. The van der Waals surface area contributed by atoms with Gasteiger partial charge < -0.3 is 14.8 Å². The monoisotopic (exact) mass is 321 g/mol. The summed E-state index contributed by atoms with van der Waals surface area (Å²) < 4.78 is 2.24. The first-order chi connectivity index (χ1) is 11.7. The predicted molar refractivity (Wildman–Crippen MR) is 95.1 cm³/mol. The van der Waals surface area contributed by atoms with Crippen molar-refractivity contribution in [2.75, 3.05) is 7.05 Å². The van der Waals surface area contributed by atoms with Crippen molar-refractivity contribution in [1.82, 2.24) is 25.0 Å². The summed E-state index contributed by atoms with van der Waals surface area (Å²) >= 11 is 0. The van der Waals surface area contributed by atoms with Crippen LogP contribution in [0.3, 0.4) is 0 Å². The first-order valence-corrected chi connectivity index (χ1v) is 8.44. The number of allylic oxidation sites excluding steroid dienone is 1. The summed E-state index contributed by atoms with van der Waals surface area (Å²) in [5.74, 6) is 1.93. The number of nitrogens with one attached hydrogen (secondary N) is 1. The van der Waals surface area contributed by atoms with Gasteiger partial charge in [-0.15, -0.1) is 10.2 Å². The molecule has 124 valence electrons. The molecule has 0 saturated heterocycles. The zero-order chi connectivity index (χ0) is 16.7. The third-order valence-electron chi connectivity index (χ3n) is 4.93. The predicted octanol–water partition coefficient (Wildman–Crippen LogP) is 2.66. The number of nitrogens with zero attached hydrogens (tertiary/aromatic N) is 4. The first kappa shape index (κ1) is 15.1. The van der Waals surface area contributed by atoms with Crippen molar-refractivity contribution in [2.45, 2.75) is 39.0 Å². The van der Waals surface area contributed by atoms with Crippen LogP contribution in [0.15, 0.2) is 42.1 Å². The Morgan fingerprint density at radius 2 is 1.96 bits per heavy atom. The lowest BCUT2D eigenvalue weighted by Crippen LogP contribution is -2.35. The number of hydrogen-bond acceptors (Lipinski definition) is 4. The van der Waals surface area contributed by atoms with Crippen molar-refractivity contribution >= 4 is 6.08 Å². The van der Waals surface area contributed by atoms with Gasteiger partial charge in [-0.3, -0.25) is 0 Å². The Hall–Kier alpha value is -2.40. The summed E-state index contributed by atoms with van der Waals surface area (Å²) in [6.45, 7) is 6.04. The van der Waals surface area contributed by atoms with Crippen LogP contribution in [0.5, 0.6) is 0 Å². The van der Waals surface area contributed by atoms with Gasteiger partial charge in [0.15, 0.2) is 5.82 Å². The first-order valence-electron chi connectivity index (χ1n) is 8.44. The highest BCUT2D eigenvalue weighted by Crippen LogP contribution is 2.37. The van der Waals surface area contributed by atoms with Crippen molar-refractivity contribution in [3.05, 3.63) is 64.9 Å². The number of benzene rings is 1. The smallest absolute Gasteiger partial charge is 0.157 e. The molecule has 1 aromatic carbocycles. The Balaban J connectivity index is 1.61. The Morgan fingerprint density at radius 1 is 1.12 bits per heavy atom. The Morgan fingerprint density at radius 3 is 2.79 bits per heavy atom. The van der Waals surface area contributed by atoms with E-state index in [0.29, 0.717) is 12.1 Å². The van der Waals surface area contributed by atoms with E-state index in [1.165, 1.54) is 16.8 Å². The zero-order valence-electron chi connectivity index (χ0n) is 14.4. The van der Waals surface area contributed by atoms with Crippen molar-refractivity contribution < 1.29 is 0 Å². The van der Waals surface area contributed by atoms with E-state index in [2.05, 4.69) is 74.4 Å². The highest BCUT2D eigenvalue weighted by atomic mass is 15.3. The number of fused-ring (bicyclic) bond motifs is 3. The third-order valence-corrected chi connectivity index (χ3v) is 4.93. The SMILES string of the molecule is CNCc1cccc(CN2C(C)=CC3C2C=Cc2nnc(C)n23)c1. The van der Waals surface area contributed by atoms with Gasteiger partial charge in [0.2, 0.25) is 0 Å². The van der Waals surface area contributed by atoms with Crippen LogP contribution in [-0.2, 0) is 13.1 Å². The van der Waals surface area contributed by atoms with Crippen LogP contribution in [0.2, 0.25) is 0 Å². The lowest BCUT2D eigenvalue weighted by atomic mass is 10.0. The van der Waals surface area contributed by atoms with Gasteiger partial charge in [-0.2, -0.15) is 0 Å². The molecular formula is C19H23N5. The molecule has 4 rings (SSSR count). The van der Waals surface area contributed by atoms with E-state index in [0.717, 1.165) is 24.7 Å². The summed E-state index contributed by atoms with van der Waals surface area (Å²) in [6, 6.07) is 9.44. The van der Waals surface area contributed by atoms with E-state index in [1.54, 1.807) is 0 Å². The van der Waals surface area contributed by atoms with E-state index in [9.17, 15) is 0 Å². The molecule has 24 heavy (non-hydrogen) atoms. The zero-order valence-corrected chi connectivity index (χ0v) is 14.4. The molecule has 0 saturated carbocycles. The quantitative estimate of drug-likeness (QED) is 0.940. The third kappa shape index (κ3) is 2.45. The van der Waals surface area contributed by atoms with Crippen LogP contribution in [0, 0.1) is 6.92 Å². The summed E-state index contributed by atoms with van der Waals surface area (Å²) in [7, 11) is 1.98. The van der Waals surface area contributed by atoms with E-state index in [-0.39, 0.29) is 0 Å². The lowest BCUT2D eigenvalue weighted by Gasteiger charge is -2.32. The topological polar surface area (TPSA) is 46.0 Å². The summed E-state index contributed by atoms with van der Waals surface area (Å²) in [4.78, 5) is 2.47. The molecule has 2 aromatic rings. The van der Waals surface area contributed by atoms with Gasteiger partial charge in [0.1, 0.15) is 5.82 Å². The van der Waals surface area contributed by atoms with Crippen molar-refractivity contribution in [2.24, 2.45) is 0 Å². The van der Waals surface area contributed by atoms with E-state index < -0.39 is 0 Å². The Kier molecular flexibility index (Phi) is 3.73. The van der Waals surface area contributed by atoms with Crippen LogP contribution < -0.4 is 5.32 Å². The maximum Gasteiger partial charge on any atom is 0.157 e. The molecule has 1 N–H and O–H groups in total. The maximum atomic E-state index is 4.25. The van der Waals surface area contributed by atoms with Crippen molar-refractivity contribution in [3.63, 3.8) is 0 Å². The van der Waals surface area contributed by atoms with Crippen molar-refractivity contribution in [3.8, 4) is 0 Å². The van der Waals surface area contributed by atoms with Gasteiger partial charge in [0.05, 0.1) is 12.1 Å². The molecule has 0 spiro atoms.